The lowest BCUT2D eigenvalue weighted by Crippen LogP contribution is -2.29. The summed E-state index contributed by atoms with van der Waals surface area (Å²) in [5, 5.41) is 7.25. The average molecular weight is 465 g/mol. The molecular formula is C27H52N4O2. The fourth-order valence-electron chi connectivity index (χ4n) is 2.37. The number of carbonyl (C=O) groups excluding carboxylic acids is 1. The van der Waals surface area contributed by atoms with E-state index in [4.69, 9.17) is 0 Å². The Labute approximate surface area is 204 Å². The summed E-state index contributed by atoms with van der Waals surface area (Å²) < 4.78 is 4.25. The lowest BCUT2D eigenvalue weighted by atomic mass is 10.0. The lowest BCUT2D eigenvalue weighted by Gasteiger charge is -2.20. The van der Waals surface area contributed by atoms with Crippen LogP contribution in [0.25, 0.3) is 10.9 Å². The molecule has 0 radical (unpaired) electrons. The van der Waals surface area contributed by atoms with Gasteiger partial charge in [-0.3, -0.25) is 0 Å². The molecule has 33 heavy (non-hydrogen) atoms. The number of benzene rings is 1. The van der Waals surface area contributed by atoms with E-state index >= 15 is 0 Å². The first-order valence-corrected chi connectivity index (χ1v) is 12.5. The Hall–Kier alpha value is -2.05. The zero-order valence-electron chi connectivity index (χ0n) is 23.3. The van der Waals surface area contributed by atoms with E-state index in [-0.39, 0.29) is 12.0 Å². The standard InChI is InChI=1S/C16H21N3O.C4H11N.C3H8.C2H6O.C2H6/c1-4-11(3)14(10-20)18-16-12-8-6-7-9-13(12)17-15(5-2)19-16;1-3-4-5-2;2*1-3-2;1-2/h6-11,14H,4-5H2,1-3H3,(H,17,18,19);5H,3-4H2,1-2H3;3H2,1-2H3;1-2H3;1-2H3. The number of anilines is 1. The fourth-order valence-corrected chi connectivity index (χ4v) is 2.37. The highest BCUT2D eigenvalue weighted by molar-refractivity contribution is 5.90. The monoisotopic (exact) mass is 464 g/mol. The number of nitrogens with zero attached hydrogens (tertiary/aromatic N) is 2. The maximum absolute atomic E-state index is 11.3. The minimum absolute atomic E-state index is 0.219. The molecular weight excluding hydrogens is 412 g/mol. The second kappa shape index (κ2) is 26.2. The molecule has 0 aliphatic carbocycles. The van der Waals surface area contributed by atoms with Crippen LogP contribution in [0.2, 0.25) is 0 Å². The molecule has 0 aliphatic heterocycles. The number of nitrogens with one attached hydrogen (secondary N) is 2. The predicted octanol–water partition coefficient (Wildman–Crippen LogP) is 6.54. The van der Waals surface area contributed by atoms with E-state index < -0.39 is 0 Å². The number of hydrogen-bond acceptors (Lipinski definition) is 6. The number of rotatable bonds is 8. The molecule has 1 aromatic heterocycles. The van der Waals surface area contributed by atoms with Gasteiger partial charge in [-0.25, -0.2) is 9.97 Å². The summed E-state index contributed by atoms with van der Waals surface area (Å²) in [6.45, 7) is 17.7. The molecule has 2 N–H and O–H groups in total. The van der Waals surface area contributed by atoms with Gasteiger partial charge >= 0.3 is 0 Å². The van der Waals surface area contributed by atoms with Crippen LogP contribution in [0.15, 0.2) is 24.3 Å². The maximum Gasteiger partial charge on any atom is 0.142 e. The van der Waals surface area contributed by atoms with Crippen molar-refractivity contribution in [3.05, 3.63) is 30.1 Å². The summed E-state index contributed by atoms with van der Waals surface area (Å²) in [7, 11) is 5.21. The van der Waals surface area contributed by atoms with Gasteiger partial charge in [-0.05, 0) is 38.1 Å². The van der Waals surface area contributed by atoms with Crippen molar-refractivity contribution in [2.75, 3.05) is 33.1 Å². The number of carbonyl (C=O) groups is 1. The molecule has 2 aromatic rings. The van der Waals surface area contributed by atoms with E-state index in [9.17, 15) is 4.79 Å². The van der Waals surface area contributed by atoms with Crippen LogP contribution in [-0.4, -0.2) is 50.1 Å². The predicted molar refractivity (Wildman–Crippen MR) is 146 cm³/mol. The quantitative estimate of drug-likeness (QED) is 0.432. The zero-order valence-corrected chi connectivity index (χ0v) is 23.3. The lowest BCUT2D eigenvalue weighted by molar-refractivity contribution is -0.109. The Kier molecular flexibility index (Phi) is 28.2. The fraction of sp³-hybridized carbons (Fsp3) is 0.667. The first-order chi connectivity index (χ1) is 15.9. The summed E-state index contributed by atoms with van der Waals surface area (Å²) in [6.07, 6.45) is 5.17. The number of hydrogen-bond donors (Lipinski definition) is 2. The molecule has 0 bridgehead atoms. The number of aldehydes is 1. The summed E-state index contributed by atoms with van der Waals surface area (Å²) in [4.78, 5) is 20.4. The molecule has 2 atom stereocenters. The number of methoxy groups -OCH3 is 1. The third-order valence-electron chi connectivity index (χ3n) is 4.17. The molecule has 0 saturated carbocycles. The van der Waals surface area contributed by atoms with Crippen molar-refractivity contribution in [3.63, 3.8) is 0 Å². The SMILES string of the molecule is CC.CCC.CCCNC.CCc1nc(NC(C=O)C(C)CC)c2ccccc2n1.COC. The van der Waals surface area contributed by atoms with Gasteiger partial charge in [0.1, 0.15) is 17.9 Å². The zero-order chi connectivity index (χ0) is 26.1. The highest BCUT2D eigenvalue weighted by atomic mass is 16.4. The van der Waals surface area contributed by atoms with Gasteiger partial charge in [0.05, 0.1) is 11.6 Å². The van der Waals surface area contributed by atoms with E-state index in [1.54, 1.807) is 14.2 Å². The van der Waals surface area contributed by atoms with E-state index in [2.05, 4.69) is 60.0 Å². The van der Waals surface area contributed by atoms with Gasteiger partial charge in [-0.15, -0.1) is 0 Å². The topological polar surface area (TPSA) is 76.1 Å². The van der Waals surface area contributed by atoms with Crippen molar-refractivity contribution in [2.24, 2.45) is 5.92 Å². The molecule has 2 rings (SSSR count). The van der Waals surface area contributed by atoms with Crippen molar-refractivity contribution in [3.8, 4) is 0 Å². The molecule has 1 heterocycles. The van der Waals surface area contributed by atoms with Gasteiger partial charge in [0.15, 0.2) is 0 Å². The van der Waals surface area contributed by atoms with Gasteiger partial charge in [0.2, 0.25) is 0 Å². The summed E-state index contributed by atoms with van der Waals surface area (Å²) in [6, 6.07) is 7.66. The molecule has 6 nitrogen and oxygen atoms in total. The Balaban J connectivity index is -0.000000577. The minimum Gasteiger partial charge on any atom is -0.388 e. The number of para-hydroxylation sites is 1. The second-order valence-corrected chi connectivity index (χ2v) is 7.27. The summed E-state index contributed by atoms with van der Waals surface area (Å²) in [5.41, 5.74) is 0.913. The molecule has 192 valence electrons. The average Bonchev–Trinajstić information content (AvgIpc) is 2.85. The van der Waals surface area contributed by atoms with Crippen molar-refractivity contribution in [2.45, 2.75) is 87.1 Å². The van der Waals surface area contributed by atoms with Crippen molar-refractivity contribution >= 4 is 23.0 Å². The molecule has 0 saturated heterocycles. The Morgan fingerprint density at radius 2 is 1.58 bits per heavy atom. The van der Waals surface area contributed by atoms with Crippen LogP contribution in [-0.2, 0) is 16.0 Å². The van der Waals surface area contributed by atoms with Crippen LogP contribution in [0.4, 0.5) is 5.82 Å². The number of aromatic nitrogens is 2. The largest absolute Gasteiger partial charge is 0.388 e. The van der Waals surface area contributed by atoms with E-state index in [1.165, 1.54) is 12.8 Å². The highest BCUT2D eigenvalue weighted by Gasteiger charge is 2.17. The molecule has 0 spiro atoms. The molecule has 0 amide bonds. The van der Waals surface area contributed by atoms with Crippen LogP contribution in [0.5, 0.6) is 0 Å². The van der Waals surface area contributed by atoms with Crippen LogP contribution in [0.1, 0.15) is 80.5 Å². The number of ether oxygens (including phenoxy) is 1. The second-order valence-electron chi connectivity index (χ2n) is 7.27. The molecule has 0 aliphatic rings. The van der Waals surface area contributed by atoms with E-state index in [0.717, 1.165) is 48.2 Å². The van der Waals surface area contributed by atoms with Gasteiger partial charge in [0, 0.05) is 26.0 Å². The van der Waals surface area contributed by atoms with Crippen molar-refractivity contribution in [1.29, 1.82) is 0 Å². The first kappa shape index (κ1) is 35.5. The third kappa shape index (κ3) is 17.1. The van der Waals surface area contributed by atoms with Crippen LogP contribution >= 0.6 is 0 Å². The Bertz CT molecular complexity index is 676. The van der Waals surface area contributed by atoms with Crippen LogP contribution in [0, 0.1) is 5.92 Å². The Morgan fingerprint density at radius 1 is 1.03 bits per heavy atom. The van der Waals surface area contributed by atoms with Gasteiger partial charge in [-0.2, -0.15) is 0 Å². The summed E-state index contributed by atoms with van der Waals surface area (Å²) >= 11 is 0. The highest BCUT2D eigenvalue weighted by Crippen LogP contribution is 2.22. The van der Waals surface area contributed by atoms with Gasteiger partial charge in [0.25, 0.3) is 0 Å². The normalized spacial score (nSPS) is 11.0. The van der Waals surface area contributed by atoms with Crippen LogP contribution < -0.4 is 10.6 Å². The van der Waals surface area contributed by atoms with Gasteiger partial charge in [-0.1, -0.05) is 80.4 Å². The van der Waals surface area contributed by atoms with Crippen LogP contribution in [0.3, 0.4) is 0 Å². The Morgan fingerprint density at radius 3 is 1.97 bits per heavy atom. The van der Waals surface area contributed by atoms with E-state index in [0.29, 0.717) is 0 Å². The third-order valence-corrected chi connectivity index (χ3v) is 4.17. The first-order valence-electron chi connectivity index (χ1n) is 12.5. The molecule has 1 aromatic carbocycles. The molecule has 2 unspecified atom stereocenters. The maximum atomic E-state index is 11.3. The molecule has 0 fully saturated rings. The van der Waals surface area contributed by atoms with Crippen molar-refractivity contribution < 1.29 is 9.53 Å². The minimum atomic E-state index is -0.219. The summed E-state index contributed by atoms with van der Waals surface area (Å²) in [5.74, 6) is 1.82. The number of aryl methyl sites for hydroxylation is 1. The van der Waals surface area contributed by atoms with E-state index in [1.807, 2.05) is 52.1 Å². The molecule has 6 heteroatoms. The number of fused-ring (bicyclic) bond motifs is 1. The van der Waals surface area contributed by atoms with Gasteiger partial charge < -0.3 is 20.2 Å². The smallest absolute Gasteiger partial charge is 0.142 e. The van der Waals surface area contributed by atoms with Crippen molar-refractivity contribution in [1.82, 2.24) is 15.3 Å².